The molecule has 3 aromatic rings. The second-order valence-corrected chi connectivity index (χ2v) is 6.09. The number of rotatable bonds is 5. The zero-order valence-electron chi connectivity index (χ0n) is 14.2. The fourth-order valence-electron chi connectivity index (χ4n) is 3.11. The Morgan fingerprint density at radius 2 is 2.12 bits per heavy atom. The maximum Gasteiger partial charge on any atom is 0.224 e. The van der Waals surface area contributed by atoms with Gasteiger partial charge in [0.15, 0.2) is 5.65 Å². The van der Waals surface area contributed by atoms with Crippen LogP contribution in [0, 0.1) is 0 Å². The van der Waals surface area contributed by atoms with E-state index in [1.165, 1.54) is 5.56 Å². The Morgan fingerprint density at radius 3 is 2.92 bits per heavy atom. The van der Waals surface area contributed by atoms with Gasteiger partial charge in [0.1, 0.15) is 5.52 Å². The molecule has 1 unspecified atom stereocenters. The SMILES string of the molecule is Cn1cnc2cnc(NCC(c3cccnc3)N3CCOCC3)nc21. The molecule has 1 fully saturated rings. The maximum atomic E-state index is 5.49. The number of hydrogen-bond acceptors (Lipinski definition) is 7. The highest BCUT2D eigenvalue weighted by atomic mass is 16.5. The van der Waals surface area contributed by atoms with Crippen molar-refractivity contribution < 1.29 is 4.74 Å². The summed E-state index contributed by atoms with van der Waals surface area (Å²) in [6.45, 7) is 4.03. The highest BCUT2D eigenvalue weighted by Gasteiger charge is 2.23. The Morgan fingerprint density at radius 1 is 1.24 bits per heavy atom. The van der Waals surface area contributed by atoms with E-state index in [1.807, 2.05) is 23.9 Å². The Balaban J connectivity index is 1.54. The predicted molar refractivity (Wildman–Crippen MR) is 94.2 cm³/mol. The van der Waals surface area contributed by atoms with Gasteiger partial charge in [-0.2, -0.15) is 4.98 Å². The van der Waals surface area contributed by atoms with Gasteiger partial charge in [0.25, 0.3) is 0 Å². The number of aromatic nitrogens is 5. The average Bonchev–Trinajstić information content (AvgIpc) is 3.04. The number of morpholine rings is 1. The molecule has 0 bridgehead atoms. The largest absolute Gasteiger partial charge is 0.379 e. The third-order valence-electron chi connectivity index (χ3n) is 4.46. The van der Waals surface area contributed by atoms with Gasteiger partial charge >= 0.3 is 0 Å². The Bertz CT molecular complexity index is 829. The van der Waals surface area contributed by atoms with Crippen LogP contribution >= 0.6 is 0 Å². The summed E-state index contributed by atoms with van der Waals surface area (Å²) in [4.78, 5) is 19.9. The Kier molecular flexibility index (Phi) is 4.53. The van der Waals surface area contributed by atoms with Crippen molar-refractivity contribution in [3.05, 3.63) is 42.6 Å². The van der Waals surface area contributed by atoms with Gasteiger partial charge in [-0.15, -0.1) is 0 Å². The van der Waals surface area contributed by atoms with E-state index in [4.69, 9.17) is 4.74 Å². The molecule has 1 aliphatic rings. The van der Waals surface area contributed by atoms with Crippen molar-refractivity contribution in [2.45, 2.75) is 6.04 Å². The lowest BCUT2D eigenvalue weighted by molar-refractivity contribution is 0.0186. The summed E-state index contributed by atoms with van der Waals surface area (Å²) < 4.78 is 7.38. The molecule has 130 valence electrons. The van der Waals surface area contributed by atoms with Crippen LogP contribution in [0.3, 0.4) is 0 Å². The van der Waals surface area contributed by atoms with Gasteiger partial charge in [0, 0.05) is 39.1 Å². The maximum absolute atomic E-state index is 5.49. The highest BCUT2D eigenvalue weighted by Crippen LogP contribution is 2.21. The van der Waals surface area contributed by atoms with Crippen molar-refractivity contribution in [1.29, 1.82) is 0 Å². The molecule has 4 rings (SSSR count). The molecule has 25 heavy (non-hydrogen) atoms. The molecule has 3 aromatic heterocycles. The average molecular weight is 339 g/mol. The van der Waals surface area contributed by atoms with Crippen LogP contribution in [0.2, 0.25) is 0 Å². The summed E-state index contributed by atoms with van der Waals surface area (Å²) >= 11 is 0. The summed E-state index contributed by atoms with van der Waals surface area (Å²) in [6.07, 6.45) is 7.22. The number of fused-ring (bicyclic) bond motifs is 1. The number of imidazole rings is 1. The number of hydrogen-bond donors (Lipinski definition) is 1. The van der Waals surface area contributed by atoms with Crippen molar-refractivity contribution >= 4 is 17.1 Å². The lowest BCUT2D eigenvalue weighted by Crippen LogP contribution is -2.41. The molecule has 0 aromatic carbocycles. The summed E-state index contributed by atoms with van der Waals surface area (Å²) in [7, 11) is 1.93. The first kappa shape index (κ1) is 15.9. The quantitative estimate of drug-likeness (QED) is 0.749. The minimum atomic E-state index is 0.198. The topological polar surface area (TPSA) is 81.0 Å². The minimum absolute atomic E-state index is 0.198. The molecule has 1 aliphatic heterocycles. The lowest BCUT2D eigenvalue weighted by Gasteiger charge is -2.34. The van der Waals surface area contributed by atoms with E-state index in [0.29, 0.717) is 12.5 Å². The molecule has 1 N–H and O–H groups in total. The van der Waals surface area contributed by atoms with Crippen LogP contribution < -0.4 is 5.32 Å². The first-order chi connectivity index (χ1) is 12.3. The molecular formula is C17H21N7O. The molecule has 8 nitrogen and oxygen atoms in total. The second kappa shape index (κ2) is 7.12. The monoisotopic (exact) mass is 339 g/mol. The number of ether oxygens (including phenoxy) is 1. The van der Waals surface area contributed by atoms with Gasteiger partial charge in [0.05, 0.1) is 31.8 Å². The van der Waals surface area contributed by atoms with Crippen LogP contribution in [0.25, 0.3) is 11.2 Å². The molecule has 0 amide bonds. The first-order valence-electron chi connectivity index (χ1n) is 8.41. The molecule has 4 heterocycles. The predicted octanol–water partition coefficient (Wildman–Crippen LogP) is 1.24. The Hall–Kier alpha value is -2.58. The van der Waals surface area contributed by atoms with Gasteiger partial charge < -0.3 is 14.6 Å². The fraction of sp³-hybridized carbons (Fsp3) is 0.412. The number of anilines is 1. The van der Waals surface area contributed by atoms with Gasteiger partial charge in [-0.3, -0.25) is 9.88 Å². The fourth-order valence-corrected chi connectivity index (χ4v) is 3.11. The number of nitrogens with one attached hydrogen (secondary N) is 1. The van der Waals surface area contributed by atoms with Crippen LogP contribution in [0.4, 0.5) is 5.95 Å². The third-order valence-corrected chi connectivity index (χ3v) is 4.46. The van der Waals surface area contributed by atoms with Crippen LogP contribution in [-0.4, -0.2) is 62.3 Å². The van der Waals surface area contributed by atoms with E-state index < -0.39 is 0 Å². The van der Waals surface area contributed by atoms with E-state index in [2.05, 4.69) is 36.2 Å². The standard InChI is InChI=1S/C17H21N7O/c1-23-12-21-14-10-19-17(22-16(14)23)20-11-15(13-3-2-4-18-9-13)24-5-7-25-8-6-24/h2-4,9-10,12,15H,5-8,11H2,1H3,(H,19,20,22). The van der Waals surface area contributed by atoms with E-state index in [-0.39, 0.29) is 6.04 Å². The molecule has 1 saturated heterocycles. The minimum Gasteiger partial charge on any atom is -0.379 e. The van der Waals surface area contributed by atoms with Crippen LogP contribution in [0.5, 0.6) is 0 Å². The van der Waals surface area contributed by atoms with Gasteiger partial charge in [-0.1, -0.05) is 6.07 Å². The van der Waals surface area contributed by atoms with Crippen molar-refractivity contribution in [1.82, 2.24) is 29.4 Å². The van der Waals surface area contributed by atoms with E-state index >= 15 is 0 Å². The zero-order chi connectivity index (χ0) is 17.1. The highest BCUT2D eigenvalue weighted by molar-refractivity contribution is 5.70. The van der Waals surface area contributed by atoms with Crippen LogP contribution in [-0.2, 0) is 11.8 Å². The van der Waals surface area contributed by atoms with Gasteiger partial charge in [0.2, 0.25) is 5.95 Å². The molecular weight excluding hydrogens is 318 g/mol. The lowest BCUT2D eigenvalue weighted by atomic mass is 10.1. The Labute approximate surface area is 145 Å². The normalized spacial score (nSPS) is 16.8. The molecule has 0 aliphatic carbocycles. The first-order valence-corrected chi connectivity index (χ1v) is 8.41. The van der Waals surface area contributed by atoms with Crippen molar-refractivity contribution in [2.75, 3.05) is 38.2 Å². The van der Waals surface area contributed by atoms with Gasteiger partial charge in [-0.05, 0) is 11.6 Å². The van der Waals surface area contributed by atoms with Gasteiger partial charge in [-0.25, -0.2) is 9.97 Å². The molecule has 0 saturated carbocycles. The molecule has 8 heteroatoms. The number of pyridine rings is 1. The van der Waals surface area contributed by atoms with Crippen molar-refractivity contribution in [3.63, 3.8) is 0 Å². The molecule has 0 radical (unpaired) electrons. The van der Waals surface area contributed by atoms with Crippen molar-refractivity contribution in [3.8, 4) is 0 Å². The summed E-state index contributed by atoms with van der Waals surface area (Å²) in [6, 6.07) is 4.28. The van der Waals surface area contributed by atoms with E-state index in [1.54, 1.807) is 18.7 Å². The second-order valence-electron chi connectivity index (χ2n) is 6.09. The summed E-state index contributed by atoms with van der Waals surface area (Å²) in [5.74, 6) is 0.609. The third kappa shape index (κ3) is 3.45. The summed E-state index contributed by atoms with van der Waals surface area (Å²) in [5, 5.41) is 3.38. The van der Waals surface area contributed by atoms with Crippen LogP contribution in [0.15, 0.2) is 37.1 Å². The zero-order valence-corrected chi connectivity index (χ0v) is 14.2. The number of nitrogens with zero attached hydrogens (tertiary/aromatic N) is 6. The van der Waals surface area contributed by atoms with Crippen LogP contribution in [0.1, 0.15) is 11.6 Å². The summed E-state index contributed by atoms with van der Waals surface area (Å²) in [5.41, 5.74) is 2.80. The molecule has 0 spiro atoms. The van der Waals surface area contributed by atoms with E-state index in [9.17, 15) is 0 Å². The van der Waals surface area contributed by atoms with E-state index in [0.717, 1.165) is 37.5 Å². The smallest absolute Gasteiger partial charge is 0.224 e. The van der Waals surface area contributed by atoms with Crippen molar-refractivity contribution in [2.24, 2.45) is 7.05 Å². The number of aryl methyl sites for hydroxylation is 1. The molecule has 1 atom stereocenters.